The molecular formula is C19H22FNO2. The van der Waals surface area contributed by atoms with Gasteiger partial charge in [-0.1, -0.05) is 26.0 Å². The van der Waals surface area contributed by atoms with E-state index in [1.165, 1.54) is 17.7 Å². The van der Waals surface area contributed by atoms with E-state index in [0.717, 1.165) is 5.56 Å². The predicted octanol–water partition coefficient (Wildman–Crippen LogP) is 4.58. The summed E-state index contributed by atoms with van der Waals surface area (Å²) in [6, 6.07) is 10.3. The third-order valence-electron chi connectivity index (χ3n) is 3.70. The zero-order chi connectivity index (χ0) is 17.0. The highest BCUT2D eigenvalue weighted by atomic mass is 19.1. The molecule has 1 N–H and O–H groups in total. The molecule has 0 spiro atoms. The summed E-state index contributed by atoms with van der Waals surface area (Å²) >= 11 is 0. The summed E-state index contributed by atoms with van der Waals surface area (Å²) < 4.78 is 18.7. The van der Waals surface area contributed by atoms with Crippen LogP contribution in [0, 0.1) is 19.7 Å². The number of ether oxygens (including phenoxy) is 1. The van der Waals surface area contributed by atoms with Crippen LogP contribution < -0.4 is 10.1 Å². The molecule has 3 nitrogen and oxygen atoms in total. The number of rotatable bonds is 5. The molecule has 0 unspecified atom stereocenters. The van der Waals surface area contributed by atoms with Gasteiger partial charge >= 0.3 is 0 Å². The van der Waals surface area contributed by atoms with E-state index in [-0.39, 0.29) is 18.3 Å². The van der Waals surface area contributed by atoms with Crippen molar-refractivity contribution < 1.29 is 13.9 Å². The van der Waals surface area contributed by atoms with Gasteiger partial charge in [-0.2, -0.15) is 0 Å². The van der Waals surface area contributed by atoms with Gasteiger partial charge in [0.05, 0.1) is 0 Å². The Morgan fingerprint density at radius 1 is 1.13 bits per heavy atom. The number of halogens is 1. The number of hydrogen-bond donors (Lipinski definition) is 1. The van der Waals surface area contributed by atoms with E-state index in [9.17, 15) is 9.18 Å². The van der Waals surface area contributed by atoms with Gasteiger partial charge in [-0.15, -0.1) is 0 Å². The lowest BCUT2D eigenvalue weighted by Crippen LogP contribution is -2.21. The van der Waals surface area contributed by atoms with Gasteiger partial charge in [-0.3, -0.25) is 4.79 Å². The summed E-state index contributed by atoms with van der Waals surface area (Å²) in [6.07, 6.45) is 0. The summed E-state index contributed by atoms with van der Waals surface area (Å²) in [7, 11) is 0. The molecule has 0 saturated carbocycles. The van der Waals surface area contributed by atoms with E-state index >= 15 is 0 Å². The maximum Gasteiger partial charge on any atom is 0.262 e. The van der Waals surface area contributed by atoms with Gasteiger partial charge in [0, 0.05) is 5.69 Å². The van der Waals surface area contributed by atoms with Crippen LogP contribution in [0.15, 0.2) is 36.4 Å². The summed E-state index contributed by atoms with van der Waals surface area (Å²) in [4.78, 5) is 12.0. The zero-order valence-electron chi connectivity index (χ0n) is 13.9. The lowest BCUT2D eigenvalue weighted by Gasteiger charge is -2.13. The van der Waals surface area contributed by atoms with Crippen LogP contribution in [-0.2, 0) is 4.79 Å². The Balaban J connectivity index is 2.00. The molecule has 0 bridgehead atoms. The number of carbonyl (C=O) groups excluding carboxylic acids is 1. The Morgan fingerprint density at radius 2 is 1.87 bits per heavy atom. The molecule has 0 aliphatic rings. The first kappa shape index (κ1) is 17.0. The van der Waals surface area contributed by atoms with Crippen molar-refractivity contribution in [1.29, 1.82) is 0 Å². The van der Waals surface area contributed by atoms with Crippen LogP contribution >= 0.6 is 0 Å². The molecule has 0 heterocycles. The van der Waals surface area contributed by atoms with Gasteiger partial charge < -0.3 is 10.1 Å². The fourth-order valence-corrected chi connectivity index (χ4v) is 2.23. The minimum absolute atomic E-state index is 0.0841. The highest BCUT2D eigenvalue weighted by Gasteiger charge is 2.09. The maximum atomic E-state index is 13.1. The predicted molar refractivity (Wildman–Crippen MR) is 90.5 cm³/mol. The van der Waals surface area contributed by atoms with Gasteiger partial charge in [-0.25, -0.2) is 4.39 Å². The summed E-state index contributed by atoms with van der Waals surface area (Å²) in [5.74, 6) is 0.516. The normalized spacial score (nSPS) is 10.7. The molecule has 2 aromatic rings. The van der Waals surface area contributed by atoms with Crippen molar-refractivity contribution in [2.24, 2.45) is 0 Å². The fourth-order valence-electron chi connectivity index (χ4n) is 2.23. The Hall–Kier alpha value is -2.36. The largest absolute Gasteiger partial charge is 0.483 e. The van der Waals surface area contributed by atoms with E-state index in [1.54, 1.807) is 13.0 Å². The van der Waals surface area contributed by atoms with Crippen molar-refractivity contribution in [1.82, 2.24) is 0 Å². The highest BCUT2D eigenvalue weighted by molar-refractivity contribution is 5.92. The molecule has 4 heteroatoms. The quantitative estimate of drug-likeness (QED) is 0.877. The Labute approximate surface area is 136 Å². The SMILES string of the molecule is Cc1cc(F)ccc1NC(=O)COc1cc(C(C)C)ccc1C. The van der Waals surface area contributed by atoms with Crippen LogP contribution in [0.1, 0.15) is 36.5 Å². The summed E-state index contributed by atoms with van der Waals surface area (Å²) in [5, 5.41) is 2.73. The molecular weight excluding hydrogens is 293 g/mol. The Kier molecular flexibility index (Phi) is 5.37. The van der Waals surface area contributed by atoms with Gasteiger partial charge in [0.1, 0.15) is 11.6 Å². The fraction of sp³-hybridized carbons (Fsp3) is 0.316. The van der Waals surface area contributed by atoms with E-state index < -0.39 is 0 Å². The molecule has 0 aromatic heterocycles. The van der Waals surface area contributed by atoms with E-state index in [4.69, 9.17) is 4.74 Å². The van der Waals surface area contributed by atoms with Crippen LogP contribution in [0.3, 0.4) is 0 Å². The molecule has 2 aromatic carbocycles. The van der Waals surface area contributed by atoms with Crippen molar-refractivity contribution in [3.05, 3.63) is 58.9 Å². The highest BCUT2D eigenvalue weighted by Crippen LogP contribution is 2.24. The lowest BCUT2D eigenvalue weighted by molar-refractivity contribution is -0.118. The van der Waals surface area contributed by atoms with Gasteiger partial charge in [0.2, 0.25) is 0 Å². The molecule has 0 aliphatic heterocycles. The lowest BCUT2D eigenvalue weighted by atomic mass is 10.0. The Morgan fingerprint density at radius 3 is 2.52 bits per heavy atom. The second-order valence-electron chi connectivity index (χ2n) is 5.98. The topological polar surface area (TPSA) is 38.3 Å². The molecule has 0 fully saturated rings. The number of benzene rings is 2. The number of anilines is 1. The smallest absolute Gasteiger partial charge is 0.262 e. The first-order valence-electron chi connectivity index (χ1n) is 7.66. The van der Waals surface area contributed by atoms with Crippen molar-refractivity contribution in [3.8, 4) is 5.75 Å². The van der Waals surface area contributed by atoms with Crippen LogP contribution in [0.25, 0.3) is 0 Å². The van der Waals surface area contributed by atoms with Crippen LogP contribution in [0.2, 0.25) is 0 Å². The van der Waals surface area contributed by atoms with Crippen molar-refractivity contribution >= 4 is 11.6 Å². The number of carbonyl (C=O) groups is 1. The first-order chi connectivity index (χ1) is 10.9. The molecule has 0 aliphatic carbocycles. The molecule has 23 heavy (non-hydrogen) atoms. The first-order valence-corrected chi connectivity index (χ1v) is 7.66. The summed E-state index contributed by atoms with van der Waals surface area (Å²) in [5.41, 5.74) is 3.42. The zero-order valence-corrected chi connectivity index (χ0v) is 13.9. The molecule has 1 amide bonds. The van der Waals surface area contributed by atoms with Gasteiger partial charge in [0.15, 0.2) is 6.61 Å². The second-order valence-corrected chi connectivity index (χ2v) is 5.98. The van der Waals surface area contributed by atoms with Gasteiger partial charge in [0.25, 0.3) is 5.91 Å². The standard InChI is InChI=1S/C19H22FNO2/c1-12(2)15-6-5-13(3)18(10-15)23-11-19(22)21-17-8-7-16(20)9-14(17)4/h5-10,12H,11H2,1-4H3,(H,21,22). The maximum absolute atomic E-state index is 13.1. The van der Waals surface area contributed by atoms with Crippen LogP contribution in [-0.4, -0.2) is 12.5 Å². The average molecular weight is 315 g/mol. The van der Waals surface area contributed by atoms with E-state index in [0.29, 0.717) is 22.9 Å². The van der Waals surface area contributed by atoms with Crippen molar-refractivity contribution in [2.45, 2.75) is 33.6 Å². The van der Waals surface area contributed by atoms with Crippen LogP contribution in [0.5, 0.6) is 5.75 Å². The third-order valence-corrected chi connectivity index (χ3v) is 3.70. The number of aryl methyl sites for hydroxylation is 2. The van der Waals surface area contributed by atoms with Crippen LogP contribution in [0.4, 0.5) is 10.1 Å². The Bertz CT molecular complexity index is 711. The minimum Gasteiger partial charge on any atom is -0.483 e. The molecule has 0 atom stereocenters. The molecule has 0 saturated heterocycles. The molecule has 0 radical (unpaired) electrons. The monoisotopic (exact) mass is 315 g/mol. The average Bonchev–Trinajstić information content (AvgIpc) is 2.49. The summed E-state index contributed by atoms with van der Waals surface area (Å²) in [6.45, 7) is 7.83. The minimum atomic E-state index is -0.321. The van der Waals surface area contributed by atoms with Crippen molar-refractivity contribution in [2.75, 3.05) is 11.9 Å². The second kappa shape index (κ2) is 7.27. The molecule has 122 valence electrons. The number of hydrogen-bond acceptors (Lipinski definition) is 2. The van der Waals surface area contributed by atoms with E-state index in [1.807, 2.05) is 19.1 Å². The third kappa shape index (κ3) is 4.55. The van der Waals surface area contributed by atoms with Crippen molar-refractivity contribution in [3.63, 3.8) is 0 Å². The number of nitrogens with one attached hydrogen (secondary N) is 1. The van der Waals surface area contributed by atoms with Gasteiger partial charge in [-0.05, 0) is 60.7 Å². The van der Waals surface area contributed by atoms with E-state index in [2.05, 4.69) is 25.2 Å². The number of amides is 1. The molecule has 2 rings (SSSR count).